The zero-order valence-electron chi connectivity index (χ0n) is 14.6. The van der Waals surface area contributed by atoms with E-state index in [0.717, 1.165) is 27.8 Å². The van der Waals surface area contributed by atoms with Gasteiger partial charge in [0.2, 0.25) is 0 Å². The molecule has 0 aliphatic rings. The summed E-state index contributed by atoms with van der Waals surface area (Å²) in [6, 6.07) is 17.0. The van der Waals surface area contributed by atoms with Gasteiger partial charge in [0.25, 0.3) is 5.91 Å². The Hall–Kier alpha value is -3.87. The van der Waals surface area contributed by atoms with Gasteiger partial charge in [-0.3, -0.25) is 9.89 Å². The number of aromatic nitrogens is 3. The summed E-state index contributed by atoms with van der Waals surface area (Å²) in [5, 5.41) is 12.0. The second-order valence-corrected chi connectivity index (χ2v) is 5.88. The van der Waals surface area contributed by atoms with Crippen LogP contribution in [0, 0.1) is 0 Å². The highest BCUT2D eigenvalue weighted by atomic mass is 16.5. The maximum absolute atomic E-state index is 12.3. The van der Waals surface area contributed by atoms with Crippen molar-refractivity contribution in [2.45, 2.75) is 0 Å². The van der Waals surface area contributed by atoms with Crippen molar-refractivity contribution in [3.63, 3.8) is 0 Å². The molecule has 0 aliphatic heterocycles. The highest BCUT2D eigenvalue weighted by Crippen LogP contribution is 2.21. The predicted molar refractivity (Wildman–Crippen MR) is 104 cm³/mol. The molecule has 3 N–H and O–H groups in total. The van der Waals surface area contributed by atoms with Crippen LogP contribution in [0.3, 0.4) is 0 Å². The van der Waals surface area contributed by atoms with Crippen LogP contribution < -0.4 is 10.2 Å². The molecule has 0 aliphatic carbocycles. The molecule has 0 unspecified atom stereocenters. The van der Waals surface area contributed by atoms with E-state index < -0.39 is 0 Å². The van der Waals surface area contributed by atoms with Gasteiger partial charge in [-0.25, -0.2) is 5.43 Å². The van der Waals surface area contributed by atoms with Gasteiger partial charge < -0.3 is 9.72 Å². The number of H-pyrrole nitrogens is 2. The largest absolute Gasteiger partial charge is 0.497 e. The van der Waals surface area contributed by atoms with Crippen LogP contribution >= 0.6 is 0 Å². The Bertz CT molecular complexity index is 1110. The highest BCUT2D eigenvalue weighted by molar-refractivity contribution is 6.00. The summed E-state index contributed by atoms with van der Waals surface area (Å²) in [6.07, 6.45) is 3.45. The minimum atomic E-state index is -0.363. The lowest BCUT2D eigenvalue weighted by atomic mass is 10.1. The van der Waals surface area contributed by atoms with Gasteiger partial charge in [-0.2, -0.15) is 10.2 Å². The van der Waals surface area contributed by atoms with Crippen molar-refractivity contribution < 1.29 is 9.53 Å². The van der Waals surface area contributed by atoms with Crippen LogP contribution in [0.5, 0.6) is 5.75 Å². The van der Waals surface area contributed by atoms with Crippen molar-refractivity contribution in [3.8, 4) is 17.0 Å². The molecule has 7 heteroatoms. The van der Waals surface area contributed by atoms with Crippen LogP contribution in [0.1, 0.15) is 16.1 Å². The quantitative estimate of drug-likeness (QED) is 0.377. The van der Waals surface area contributed by atoms with Gasteiger partial charge >= 0.3 is 0 Å². The number of rotatable bonds is 5. The third-order valence-corrected chi connectivity index (χ3v) is 4.20. The van der Waals surface area contributed by atoms with E-state index in [4.69, 9.17) is 4.74 Å². The van der Waals surface area contributed by atoms with Gasteiger partial charge in [-0.15, -0.1) is 0 Å². The number of benzene rings is 2. The molecular weight excluding hydrogens is 342 g/mol. The summed E-state index contributed by atoms with van der Waals surface area (Å²) < 4.78 is 5.14. The number of amides is 1. The Morgan fingerprint density at radius 1 is 1.19 bits per heavy atom. The molecule has 1 amide bonds. The Morgan fingerprint density at radius 2 is 2.00 bits per heavy atom. The SMILES string of the molecule is COc1ccc(-c2cc(C(=O)NN=Cc3c[nH]c4ccccc34)[nH]n2)cc1. The lowest BCUT2D eigenvalue weighted by molar-refractivity contribution is 0.0950. The first-order chi connectivity index (χ1) is 13.2. The van der Waals surface area contributed by atoms with Crippen molar-refractivity contribution in [2.75, 3.05) is 7.11 Å². The third kappa shape index (κ3) is 3.43. The third-order valence-electron chi connectivity index (χ3n) is 4.20. The summed E-state index contributed by atoms with van der Waals surface area (Å²) in [7, 11) is 1.61. The lowest BCUT2D eigenvalue weighted by Gasteiger charge is -2.00. The van der Waals surface area contributed by atoms with Crippen LogP contribution in [-0.4, -0.2) is 34.4 Å². The minimum Gasteiger partial charge on any atom is -0.497 e. The number of ether oxygens (including phenoxy) is 1. The molecular formula is C20H17N5O2. The number of carbonyl (C=O) groups is 1. The van der Waals surface area contributed by atoms with E-state index >= 15 is 0 Å². The second kappa shape index (κ2) is 7.17. The molecule has 2 aromatic heterocycles. The van der Waals surface area contributed by atoms with Crippen molar-refractivity contribution in [2.24, 2.45) is 5.10 Å². The smallest absolute Gasteiger partial charge is 0.289 e. The molecule has 0 saturated heterocycles. The average molecular weight is 359 g/mol. The molecule has 7 nitrogen and oxygen atoms in total. The Labute approximate surface area is 155 Å². The lowest BCUT2D eigenvalue weighted by Crippen LogP contribution is -2.17. The van der Waals surface area contributed by atoms with Gasteiger partial charge in [-0.1, -0.05) is 18.2 Å². The number of methoxy groups -OCH3 is 1. The molecule has 0 bridgehead atoms. The second-order valence-electron chi connectivity index (χ2n) is 5.88. The first kappa shape index (κ1) is 16.6. The van der Waals surface area contributed by atoms with E-state index in [9.17, 15) is 4.79 Å². The number of fused-ring (bicyclic) bond motifs is 1. The van der Waals surface area contributed by atoms with Crippen molar-refractivity contribution in [1.82, 2.24) is 20.6 Å². The van der Waals surface area contributed by atoms with Gasteiger partial charge in [0.1, 0.15) is 11.4 Å². The fraction of sp³-hybridized carbons (Fsp3) is 0.0500. The molecule has 0 atom stereocenters. The van der Waals surface area contributed by atoms with Crippen molar-refractivity contribution >= 4 is 23.0 Å². The summed E-state index contributed by atoms with van der Waals surface area (Å²) in [5.41, 5.74) is 6.31. The summed E-state index contributed by atoms with van der Waals surface area (Å²) in [4.78, 5) is 15.4. The Kier molecular flexibility index (Phi) is 4.40. The van der Waals surface area contributed by atoms with E-state index in [-0.39, 0.29) is 5.91 Å². The number of nitrogens with one attached hydrogen (secondary N) is 3. The normalized spacial score (nSPS) is 11.1. The maximum atomic E-state index is 12.3. The molecule has 2 aromatic carbocycles. The van der Waals surface area contributed by atoms with Crippen LogP contribution in [0.4, 0.5) is 0 Å². The fourth-order valence-electron chi connectivity index (χ4n) is 2.77. The average Bonchev–Trinajstić information content (AvgIpc) is 3.36. The van der Waals surface area contributed by atoms with Crippen molar-refractivity contribution in [3.05, 3.63) is 72.1 Å². The van der Waals surface area contributed by atoms with Crippen LogP contribution in [0.25, 0.3) is 22.2 Å². The zero-order valence-corrected chi connectivity index (χ0v) is 14.6. The van der Waals surface area contributed by atoms with Gasteiger partial charge in [-0.05, 0) is 36.4 Å². The first-order valence-electron chi connectivity index (χ1n) is 8.34. The predicted octanol–water partition coefficient (Wildman–Crippen LogP) is 3.33. The van der Waals surface area contributed by atoms with Crippen LogP contribution in [-0.2, 0) is 0 Å². The monoisotopic (exact) mass is 359 g/mol. The van der Waals surface area contributed by atoms with E-state index in [2.05, 4.69) is 25.7 Å². The first-order valence-corrected chi connectivity index (χ1v) is 8.34. The van der Waals surface area contributed by atoms with E-state index in [1.165, 1.54) is 0 Å². The highest BCUT2D eigenvalue weighted by Gasteiger charge is 2.10. The number of aromatic amines is 2. The maximum Gasteiger partial charge on any atom is 0.289 e. The molecule has 134 valence electrons. The summed E-state index contributed by atoms with van der Waals surface area (Å²) >= 11 is 0. The van der Waals surface area contributed by atoms with Crippen LogP contribution in [0.2, 0.25) is 0 Å². The minimum absolute atomic E-state index is 0.330. The standard InChI is InChI=1S/C20H17N5O2/c1-27-15-8-6-13(7-9-15)18-10-19(24-23-18)20(26)25-22-12-14-11-21-17-5-3-2-4-16(14)17/h2-12,21H,1H3,(H,23,24)(H,25,26). The molecule has 2 heterocycles. The molecule has 0 spiro atoms. The van der Waals surface area contributed by atoms with Gasteiger partial charge in [0.05, 0.1) is 19.0 Å². The summed E-state index contributed by atoms with van der Waals surface area (Å²) in [6.45, 7) is 0. The van der Waals surface area contributed by atoms with Gasteiger partial charge in [0, 0.05) is 28.2 Å². The van der Waals surface area contributed by atoms with Crippen molar-refractivity contribution in [1.29, 1.82) is 0 Å². The molecule has 4 rings (SSSR count). The van der Waals surface area contributed by atoms with Crippen LogP contribution in [0.15, 0.2) is 65.9 Å². The number of para-hydroxylation sites is 1. The Morgan fingerprint density at radius 3 is 2.81 bits per heavy atom. The fourth-order valence-corrected chi connectivity index (χ4v) is 2.77. The van der Waals surface area contributed by atoms with E-state index in [1.54, 1.807) is 19.4 Å². The van der Waals surface area contributed by atoms with E-state index in [1.807, 2.05) is 54.7 Å². The molecule has 27 heavy (non-hydrogen) atoms. The molecule has 0 saturated carbocycles. The van der Waals surface area contributed by atoms with Gasteiger partial charge in [0.15, 0.2) is 0 Å². The molecule has 0 radical (unpaired) electrons. The molecule has 0 fully saturated rings. The number of hydrogen-bond donors (Lipinski definition) is 3. The number of carbonyl (C=O) groups excluding carboxylic acids is 1. The topological polar surface area (TPSA) is 95.2 Å². The van der Waals surface area contributed by atoms with E-state index in [0.29, 0.717) is 11.4 Å². The number of hydrazone groups is 1. The Balaban J connectivity index is 1.45. The number of nitrogens with zero attached hydrogens (tertiary/aromatic N) is 2. The zero-order chi connectivity index (χ0) is 18.6. The molecule has 4 aromatic rings. The summed E-state index contributed by atoms with van der Waals surface area (Å²) in [5.74, 6) is 0.400. The number of hydrogen-bond acceptors (Lipinski definition) is 4.